The molecule has 150 valence electrons. The molecule has 1 amide bonds. The average Bonchev–Trinajstić information content (AvgIpc) is 2.67. The number of likely N-dealkylation sites (N-methyl/N-ethyl adjacent to an activating group) is 1. The zero-order valence-electron chi connectivity index (χ0n) is 16.3. The maximum atomic E-state index is 12.6. The zero-order chi connectivity index (χ0) is 20.2. The number of esters is 1. The van der Waals surface area contributed by atoms with Crippen molar-refractivity contribution >= 4 is 21.9 Å². The SMILES string of the molecule is C[C@H](OC(=O)c1cccc(S(=O)(=O)N(C)C)c1)C(=O)N(C)C1CCCCC1. The van der Waals surface area contributed by atoms with Gasteiger partial charge in [-0.15, -0.1) is 0 Å². The second-order valence-electron chi connectivity index (χ2n) is 7.10. The smallest absolute Gasteiger partial charge is 0.338 e. The lowest BCUT2D eigenvalue weighted by Crippen LogP contribution is -2.44. The Morgan fingerprint density at radius 2 is 1.74 bits per heavy atom. The van der Waals surface area contributed by atoms with Crippen LogP contribution in [-0.2, 0) is 19.6 Å². The fourth-order valence-electron chi connectivity index (χ4n) is 3.21. The number of hydrogen-bond donors (Lipinski definition) is 0. The van der Waals surface area contributed by atoms with Gasteiger partial charge >= 0.3 is 5.97 Å². The van der Waals surface area contributed by atoms with Crippen LogP contribution in [0, 0.1) is 0 Å². The van der Waals surface area contributed by atoms with Gasteiger partial charge in [0.2, 0.25) is 10.0 Å². The second kappa shape index (κ2) is 8.84. The quantitative estimate of drug-likeness (QED) is 0.689. The van der Waals surface area contributed by atoms with Gasteiger partial charge in [0.1, 0.15) is 0 Å². The summed E-state index contributed by atoms with van der Waals surface area (Å²) >= 11 is 0. The third-order valence-corrected chi connectivity index (χ3v) is 6.76. The van der Waals surface area contributed by atoms with Crippen LogP contribution in [0.1, 0.15) is 49.4 Å². The van der Waals surface area contributed by atoms with Gasteiger partial charge in [0.05, 0.1) is 10.5 Å². The summed E-state index contributed by atoms with van der Waals surface area (Å²) < 4.78 is 30.8. The number of hydrogen-bond acceptors (Lipinski definition) is 5. The third kappa shape index (κ3) is 5.07. The van der Waals surface area contributed by atoms with E-state index >= 15 is 0 Å². The lowest BCUT2D eigenvalue weighted by molar-refractivity contribution is -0.141. The minimum atomic E-state index is -3.66. The highest BCUT2D eigenvalue weighted by Crippen LogP contribution is 2.22. The molecule has 0 unspecified atom stereocenters. The predicted molar refractivity (Wildman–Crippen MR) is 102 cm³/mol. The van der Waals surface area contributed by atoms with E-state index in [0.29, 0.717) is 0 Å². The van der Waals surface area contributed by atoms with Gasteiger partial charge in [-0.2, -0.15) is 0 Å². The summed E-state index contributed by atoms with van der Waals surface area (Å²) in [7, 11) is 0.925. The molecule has 0 spiro atoms. The Morgan fingerprint density at radius 3 is 2.33 bits per heavy atom. The standard InChI is InChI=1S/C19H28N2O5S/c1-14(18(22)21(4)16-10-6-5-7-11-16)26-19(23)15-9-8-12-17(13-15)27(24,25)20(2)3/h8-9,12-14,16H,5-7,10-11H2,1-4H3/t14-/m0/s1. The van der Waals surface area contributed by atoms with Crippen molar-refractivity contribution < 1.29 is 22.7 Å². The van der Waals surface area contributed by atoms with Crippen LogP contribution in [0.3, 0.4) is 0 Å². The van der Waals surface area contributed by atoms with Crippen molar-refractivity contribution in [2.75, 3.05) is 21.1 Å². The van der Waals surface area contributed by atoms with Crippen molar-refractivity contribution in [2.24, 2.45) is 0 Å². The van der Waals surface area contributed by atoms with Crippen molar-refractivity contribution in [1.29, 1.82) is 0 Å². The van der Waals surface area contributed by atoms with Crippen molar-refractivity contribution in [2.45, 2.75) is 56.1 Å². The highest BCUT2D eigenvalue weighted by atomic mass is 32.2. The summed E-state index contributed by atoms with van der Waals surface area (Å²) in [4.78, 5) is 26.6. The number of ether oxygens (including phenoxy) is 1. The van der Waals surface area contributed by atoms with Crippen LogP contribution in [0.15, 0.2) is 29.2 Å². The third-order valence-electron chi connectivity index (χ3n) is 4.95. The normalized spacial score (nSPS) is 16.8. The number of benzene rings is 1. The molecule has 1 fully saturated rings. The Kier molecular flexibility index (Phi) is 7.00. The van der Waals surface area contributed by atoms with E-state index in [1.54, 1.807) is 18.9 Å². The fourth-order valence-corrected chi connectivity index (χ4v) is 4.16. The van der Waals surface area contributed by atoms with Gasteiger partial charge in [0, 0.05) is 27.2 Å². The van der Waals surface area contributed by atoms with Crippen molar-refractivity contribution in [1.82, 2.24) is 9.21 Å². The topological polar surface area (TPSA) is 84.0 Å². The number of amides is 1. The molecule has 0 saturated heterocycles. The lowest BCUT2D eigenvalue weighted by atomic mass is 9.94. The summed E-state index contributed by atoms with van der Waals surface area (Å²) in [5.41, 5.74) is 0.0953. The van der Waals surface area contributed by atoms with Crippen LogP contribution in [-0.4, -0.2) is 62.8 Å². The van der Waals surface area contributed by atoms with Crippen LogP contribution >= 0.6 is 0 Å². The van der Waals surface area contributed by atoms with Crippen LogP contribution in [0.4, 0.5) is 0 Å². The number of carbonyl (C=O) groups is 2. The van der Waals surface area contributed by atoms with Crippen molar-refractivity contribution in [3.05, 3.63) is 29.8 Å². The Labute approximate surface area is 161 Å². The first-order chi connectivity index (χ1) is 12.6. The maximum absolute atomic E-state index is 12.6. The lowest BCUT2D eigenvalue weighted by Gasteiger charge is -2.32. The Balaban J connectivity index is 2.07. The molecule has 0 aromatic heterocycles. The summed E-state index contributed by atoms with van der Waals surface area (Å²) in [5, 5.41) is 0. The van der Waals surface area contributed by atoms with E-state index < -0.39 is 22.1 Å². The van der Waals surface area contributed by atoms with Gasteiger partial charge < -0.3 is 9.64 Å². The Morgan fingerprint density at radius 1 is 1.11 bits per heavy atom. The molecular formula is C19H28N2O5S. The number of carbonyl (C=O) groups excluding carboxylic acids is 2. The molecule has 1 aliphatic rings. The predicted octanol–water partition coefficient (Wildman–Crippen LogP) is 2.27. The van der Waals surface area contributed by atoms with Crippen LogP contribution < -0.4 is 0 Å². The Bertz CT molecular complexity index is 785. The van der Waals surface area contributed by atoms with Crippen LogP contribution in [0.25, 0.3) is 0 Å². The highest BCUT2D eigenvalue weighted by molar-refractivity contribution is 7.89. The molecule has 27 heavy (non-hydrogen) atoms. The molecule has 0 heterocycles. The van der Waals surface area contributed by atoms with E-state index in [4.69, 9.17) is 4.74 Å². The first-order valence-electron chi connectivity index (χ1n) is 9.15. The molecule has 2 rings (SSSR count). The van der Waals surface area contributed by atoms with Crippen molar-refractivity contribution in [3.63, 3.8) is 0 Å². The van der Waals surface area contributed by atoms with E-state index in [-0.39, 0.29) is 22.4 Å². The van der Waals surface area contributed by atoms with Gasteiger partial charge in [0.15, 0.2) is 6.10 Å². The molecule has 1 aromatic carbocycles. The summed E-state index contributed by atoms with van der Waals surface area (Å²) in [6, 6.07) is 5.81. The molecule has 8 heteroatoms. The van der Waals surface area contributed by atoms with E-state index in [9.17, 15) is 18.0 Å². The number of rotatable bonds is 6. The molecule has 0 N–H and O–H groups in total. The van der Waals surface area contributed by atoms with Crippen LogP contribution in [0.5, 0.6) is 0 Å². The summed E-state index contributed by atoms with van der Waals surface area (Å²) in [5.74, 6) is -0.962. The number of sulfonamides is 1. The average molecular weight is 397 g/mol. The summed E-state index contributed by atoms with van der Waals surface area (Å²) in [6.45, 7) is 1.54. The number of nitrogens with zero attached hydrogens (tertiary/aromatic N) is 2. The van der Waals surface area contributed by atoms with Gasteiger partial charge in [-0.3, -0.25) is 4.79 Å². The van der Waals surface area contributed by atoms with Crippen molar-refractivity contribution in [3.8, 4) is 0 Å². The van der Waals surface area contributed by atoms with Gasteiger partial charge in [0.25, 0.3) is 5.91 Å². The molecule has 0 aliphatic heterocycles. The van der Waals surface area contributed by atoms with E-state index in [2.05, 4.69) is 0 Å². The van der Waals surface area contributed by atoms with E-state index in [0.717, 1.165) is 30.0 Å². The molecule has 7 nitrogen and oxygen atoms in total. The summed E-state index contributed by atoms with van der Waals surface area (Å²) in [6.07, 6.45) is 4.39. The molecule has 0 radical (unpaired) electrons. The van der Waals surface area contributed by atoms with Crippen LogP contribution in [0.2, 0.25) is 0 Å². The fraction of sp³-hybridized carbons (Fsp3) is 0.579. The molecular weight excluding hydrogens is 368 g/mol. The Hall–Kier alpha value is -1.93. The van der Waals surface area contributed by atoms with Gasteiger partial charge in [-0.1, -0.05) is 25.3 Å². The van der Waals surface area contributed by atoms with E-state index in [1.807, 2.05) is 0 Å². The van der Waals surface area contributed by atoms with E-state index in [1.165, 1.54) is 44.8 Å². The molecule has 1 atom stereocenters. The monoisotopic (exact) mass is 396 g/mol. The molecule has 1 saturated carbocycles. The van der Waals surface area contributed by atoms with Gasteiger partial charge in [-0.05, 0) is 38.0 Å². The second-order valence-corrected chi connectivity index (χ2v) is 9.26. The molecule has 0 bridgehead atoms. The largest absolute Gasteiger partial charge is 0.449 e. The maximum Gasteiger partial charge on any atom is 0.338 e. The van der Waals surface area contributed by atoms with Gasteiger partial charge in [-0.25, -0.2) is 17.5 Å². The first-order valence-corrected chi connectivity index (χ1v) is 10.6. The minimum Gasteiger partial charge on any atom is -0.449 e. The highest BCUT2D eigenvalue weighted by Gasteiger charge is 2.28. The molecule has 1 aromatic rings. The minimum absolute atomic E-state index is 0.000235. The first kappa shape index (κ1) is 21.4. The zero-order valence-corrected chi connectivity index (χ0v) is 17.2. The molecule has 1 aliphatic carbocycles.